The molecule has 2 aliphatic rings. The van der Waals surface area contributed by atoms with Gasteiger partial charge in [-0.15, -0.1) is 0 Å². The third-order valence-electron chi connectivity index (χ3n) is 5.39. The van der Waals surface area contributed by atoms with Crippen LogP contribution in [0, 0.1) is 5.92 Å². The summed E-state index contributed by atoms with van der Waals surface area (Å²) >= 11 is 3.65. The molecule has 0 radical (unpaired) electrons. The third kappa shape index (κ3) is 3.04. The number of hydrogen-bond donors (Lipinski definition) is 2. The van der Waals surface area contributed by atoms with Gasteiger partial charge in [-0.05, 0) is 30.9 Å². The molecule has 1 aromatic rings. The Hall–Kier alpha value is -0.420. The topological polar surface area (TPSA) is 49.5 Å². The van der Waals surface area contributed by atoms with E-state index in [1.165, 1.54) is 18.4 Å². The Morgan fingerprint density at radius 1 is 1.33 bits per heavy atom. The summed E-state index contributed by atoms with van der Waals surface area (Å²) in [4.78, 5) is 2.48. The molecule has 1 saturated heterocycles. The molecule has 116 valence electrons. The van der Waals surface area contributed by atoms with Crippen molar-refractivity contribution in [2.24, 2.45) is 11.7 Å². The maximum atomic E-state index is 10.8. The maximum Gasteiger partial charge on any atom is 0.0700 e. The number of aliphatic hydroxyl groups is 1. The average Bonchev–Trinajstić information content (AvgIpc) is 2.50. The lowest BCUT2D eigenvalue weighted by molar-refractivity contribution is -0.102. The second-order valence-electron chi connectivity index (χ2n) is 6.56. The Kier molecular flexibility index (Phi) is 4.69. The van der Waals surface area contributed by atoms with Crippen LogP contribution in [-0.2, 0) is 0 Å². The molecule has 21 heavy (non-hydrogen) atoms. The molecule has 0 amide bonds. The highest BCUT2D eigenvalue weighted by molar-refractivity contribution is 9.10. The second-order valence-corrected chi connectivity index (χ2v) is 7.42. The molecule has 1 saturated carbocycles. The number of rotatable bonds is 3. The minimum Gasteiger partial charge on any atom is -0.390 e. The Labute approximate surface area is 135 Å². The van der Waals surface area contributed by atoms with E-state index in [0.717, 1.165) is 36.8 Å². The van der Waals surface area contributed by atoms with Gasteiger partial charge < -0.3 is 10.8 Å². The van der Waals surface area contributed by atoms with Gasteiger partial charge in [0.25, 0.3) is 0 Å². The van der Waals surface area contributed by atoms with Crippen molar-refractivity contribution in [2.75, 3.05) is 19.6 Å². The molecule has 1 aliphatic carbocycles. The summed E-state index contributed by atoms with van der Waals surface area (Å²) in [5.41, 5.74) is 6.93. The van der Waals surface area contributed by atoms with Crippen molar-refractivity contribution in [3.8, 4) is 0 Å². The molecular weight excluding hydrogens is 328 g/mol. The van der Waals surface area contributed by atoms with Crippen LogP contribution in [0.1, 0.15) is 43.7 Å². The third-order valence-corrected chi connectivity index (χ3v) is 6.11. The number of halogens is 1. The van der Waals surface area contributed by atoms with Gasteiger partial charge in [-0.1, -0.05) is 47.0 Å². The van der Waals surface area contributed by atoms with E-state index >= 15 is 0 Å². The van der Waals surface area contributed by atoms with E-state index < -0.39 is 5.60 Å². The summed E-state index contributed by atoms with van der Waals surface area (Å²) in [7, 11) is 0. The van der Waals surface area contributed by atoms with Crippen molar-refractivity contribution in [3.05, 3.63) is 34.3 Å². The van der Waals surface area contributed by atoms with Crippen molar-refractivity contribution in [1.82, 2.24) is 4.90 Å². The van der Waals surface area contributed by atoms with E-state index in [-0.39, 0.29) is 6.04 Å². The van der Waals surface area contributed by atoms with Gasteiger partial charge in [0, 0.05) is 36.1 Å². The Morgan fingerprint density at radius 3 is 2.90 bits per heavy atom. The van der Waals surface area contributed by atoms with Crippen LogP contribution in [-0.4, -0.2) is 35.2 Å². The fourth-order valence-corrected chi connectivity index (χ4v) is 4.65. The smallest absolute Gasteiger partial charge is 0.0700 e. The molecule has 0 bridgehead atoms. The molecular formula is C17H25BrN2O. The Balaban J connectivity index is 1.78. The van der Waals surface area contributed by atoms with E-state index in [0.29, 0.717) is 12.5 Å². The molecule has 3 N–H and O–H groups in total. The lowest BCUT2D eigenvalue weighted by atomic mass is 9.71. The van der Waals surface area contributed by atoms with Crippen LogP contribution >= 0.6 is 15.9 Å². The van der Waals surface area contributed by atoms with E-state index in [2.05, 4.69) is 39.0 Å². The standard InChI is InChI=1S/C17H25BrN2O/c18-15-7-2-1-6-14(15)16(11-19)20-10-9-17(21)8-4-3-5-13(17)12-20/h1-2,6-7,13,16,21H,3-5,8-12,19H2. The zero-order chi connectivity index (χ0) is 14.9. The van der Waals surface area contributed by atoms with Gasteiger partial charge in [-0.2, -0.15) is 0 Å². The highest BCUT2D eigenvalue weighted by atomic mass is 79.9. The predicted octanol–water partition coefficient (Wildman–Crippen LogP) is 3.08. The van der Waals surface area contributed by atoms with Crippen LogP contribution in [0.3, 0.4) is 0 Å². The lowest BCUT2D eigenvalue weighted by Crippen LogP contribution is -2.54. The summed E-state index contributed by atoms with van der Waals surface area (Å²) in [6.45, 7) is 2.53. The normalized spacial score (nSPS) is 31.7. The molecule has 1 heterocycles. The maximum absolute atomic E-state index is 10.8. The van der Waals surface area contributed by atoms with Crippen molar-refractivity contribution < 1.29 is 5.11 Å². The second kappa shape index (κ2) is 6.37. The van der Waals surface area contributed by atoms with Gasteiger partial charge in [0.2, 0.25) is 0 Å². The first kappa shape index (κ1) is 15.5. The summed E-state index contributed by atoms with van der Waals surface area (Å²) in [6.07, 6.45) is 5.45. The summed E-state index contributed by atoms with van der Waals surface area (Å²) < 4.78 is 1.13. The highest BCUT2D eigenvalue weighted by Crippen LogP contribution is 2.42. The molecule has 4 heteroatoms. The number of piperidine rings is 1. The zero-order valence-electron chi connectivity index (χ0n) is 12.5. The summed E-state index contributed by atoms with van der Waals surface area (Å²) in [6, 6.07) is 8.59. The van der Waals surface area contributed by atoms with Crippen LogP contribution in [0.4, 0.5) is 0 Å². The van der Waals surface area contributed by atoms with E-state index in [4.69, 9.17) is 5.73 Å². The number of benzene rings is 1. The van der Waals surface area contributed by atoms with Crippen LogP contribution in [0.5, 0.6) is 0 Å². The fourth-order valence-electron chi connectivity index (χ4n) is 4.10. The minimum absolute atomic E-state index is 0.243. The van der Waals surface area contributed by atoms with Gasteiger partial charge >= 0.3 is 0 Å². The van der Waals surface area contributed by atoms with Crippen LogP contribution in [0.25, 0.3) is 0 Å². The number of nitrogens with zero attached hydrogens (tertiary/aromatic N) is 1. The first-order chi connectivity index (χ1) is 10.1. The van der Waals surface area contributed by atoms with E-state index in [9.17, 15) is 5.11 Å². The number of likely N-dealkylation sites (tertiary alicyclic amines) is 1. The van der Waals surface area contributed by atoms with Crippen molar-refractivity contribution in [3.63, 3.8) is 0 Å². The predicted molar refractivity (Wildman–Crippen MR) is 89.0 cm³/mol. The van der Waals surface area contributed by atoms with Crippen LogP contribution < -0.4 is 5.73 Å². The molecule has 1 aromatic carbocycles. The number of nitrogens with two attached hydrogens (primary N) is 1. The molecule has 3 rings (SSSR count). The minimum atomic E-state index is -0.415. The Bertz CT molecular complexity index is 495. The SMILES string of the molecule is NCC(c1ccccc1Br)N1CCC2(O)CCCCC2C1. The number of fused-ring (bicyclic) bond motifs is 1. The fraction of sp³-hybridized carbons (Fsp3) is 0.647. The van der Waals surface area contributed by atoms with Gasteiger partial charge in [0.1, 0.15) is 0 Å². The lowest BCUT2D eigenvalue weighted by Gasteiger charge is -2.49. The zero-order valence-corrected chi connectivity index (χ0v) is 14.1. The quantitative estimate of drug-likeness (QED) is 0.878. The van der Waals surface area contributed by atoms with Gasteiger partial charge in [-0.25, -0.2) is 0 Å². The molecule has 0 aromatic heterocycles. The molecule has 3 nitrogen and oxygen atoms in total. The van der Waals surface area contributed by atoms with Gasteiger partial charge in [0.05, 0.1) is 5.60 Å². The van der Waals surface area contributed by atoms with Crippen LogP contribution in [0.2, 0.25) is 0 Å². The first-order valence-electron chi connectivity index (χ1n) is 8.05. The van der Waals surface area contributed by atoms with Crippen LogP contribution in [0.15, 0.2) is 28.7 Å². The van der Waals surface area contributed by atoms with E-state index in [1.807, 2.05) is 6.07 Å². The Morgan fingerprint density at radius 2 is 2.14 bits per heavy atom. The monoisotopic (exact) mass is 352 g/mol. The van der Waals surface area contributed by atoms with Gasteiger partial charge in [-0.3, -0.25) is 4.90 Å². The summed E-state index contributed by atoms with van der Waals surface area (Å²) in [5.74, 6) is 0.413. The first-order valence-corrected chi connectivity index (χ1v) is 8.84. The number of hydrogen-bond acceptors (Lipinski definition) is 3. The van der Waals surface area contributed by atoms with Crippen molar-refractivity contribution >= 4 is 15.9 Å². The molecule has 0 spiro atoms. The molecule has 3 unspecified atom stereocenters. The summed E-state index contributed by atoms with van der Waals surface area (Å²) in [5, 5.41) is 10.8. The molecule has 3 atom stereocenters. The highest BCUT2D eigenvalue weighted by Gasteiger charge is 2.44. The van der Waals surface area contributed by atoms with Crippen molar-refractivity contribution in [2.45, 2.75) is 43.7 Å². The molecule has 2 fully saturated rings. The largest absolute Gasteiger partial charge is 0.390 e. The molecule has 1 aliphatic heterocycles. The van der Waals surface area contributed by atoms with Gasteiger partial charge in [0.15, 0.2) is 0 Å². The average molecular weight is 353 g/mol. The van der Waals surface area contributed by atoms with Crippen molar-refractivity contribution in [1.29, 1.82) is 0 Å². The van der Waals surface area contributed by atoms with E-state index in [1.54, 1.807) is 0 Å².